The second kappa shape index (κ2) is 5.89. The molecule has 0 spiro atoms. The summed E-state index contributed by atoms with van der Waals surface area (Å²) in [6.45, 7) is 5.09. The predicted octanol–water partition coefficient (Wildman–Crippen LogP) is 3.79. The Hall–Kier alpha value is -1.51. The van der Waals surface area contributed by atoms with Crippen molar-refractivity contribution in [2.45, 2.75) is 45.6 Å². The molecule has 1 aliphatic rings. The van der Waals surface area contributed by atoms with Gasteiger partial charge in [-0.25, -0.2) is 4.79 Å². The Labute approximate surface area is 109 Å². The summed E-state index contributed by atoms with van der Waals surface area (Å²) in [7, 11) is 0. The van der Waals surface area contributed by atoms with E-state index in [0.29, 0.717) is 6.04 Å². The van der Waals surface area contributed by atoms with Gasteiger partial charge in [-0.1, -0.05) is 24.6 Å². The number of benzene rings is 1. The Kier molecular flexibility index (Phi) is 4.24. The second-order valence-electron chi connectivity index (χ2n) is 5.05. The van der Waals surface area contributed by atoms with Gasteiger partial charge in [0.1, 0.15) is 0 Å². The van der Waals surface area contributed by atoms with Crippen LogP contribution in [0.25, 0.3) is 0 Å². The second-order valence-corrected chi connectivity index (χ2v) is 5.05. The van der Waals surface area contributed by atoms with E-state index in [1.807, 2.05) is 36.1 Å². The maximum atomic E-state index is 12.2. The van der Waals surface area contributed by atoms with Crippen LogP contribution in [0, 0.1) is 6.92 Å². The Balaban J connectivity index is 2.00. The molecule has 2 rings (SSSR count). The molecule has 3 nitrogen and oxygen atoms in total. The van der Waals surface area contributed by atoms with Crippen LogP contribution in [0.1, 0.15) is 38.2 Å². The molecule has 1 fully saturated rings. The van der Waals surface area contributed by atoms with E-state index in [-0.39, 0.29) is 6.03 Å². The van der Waals surface area contributed by atoms with Crippen LogP contribution in [0.5, 0.6) is 0 Å². The minimum atomic E-state index is 0.0467. The molecule has 0 saturated carbocycles. The lowest BCUT2D eigenvalue weighted by Gasteiger charge is -2.35. The maximum absolute atomic E-state index is 12.2. The van der Waals surface area contributed by atoms with Gasteiger partial charge in [-0.05, 0) is 44.7 Å². The number of piperidine rings is 1. The fourth-order valence-electron chi connectivity index (χ4n) is 2.52. The molecule has 0 unspecified atom stereocenters. The molecule has 18 heavy (non-hydrogen) atoms. The molecular formula is C15H22N2O. The molecule has 0 aliphatic carbocycles. The maximum Gasteiger partial charge on any atom is 0.322 e. The summed E-state index contributed by atoms with van der Waals surface area (Å²) in [5.74, 6) is 0. The Morgan fingerprint density at radius 3 is 2.72 bits per heavy atom. The van der Waals surface area contributed by atoms with Gasteiger partial charge >= 0.3 is 6.03 Å². The number of nitrogens with zero attached hydrogens (tertiary/aromatic N) is 1. The van der Waals surface area contributed by atoms with Gasteiger partial charge in [-0.15, -0.1) is 0 Å². The lowest BCUT2D eigenvalue weighted by atomic mass is 10.0. The number of urea groups is 1. The van der Waals surface area contributed by atoms with E-state index in [9.17, 15) is 4.79 Å². The van der Waals surface area contributed by atoms with Crippen LogP contribution >= 0.6 is 0 Å². The normalized spacial score (nSPS) is 19.7. The monoisotopic (exact) mass is 246 g/mol. The average Bonchev–Trinajstić information content (AvgIpc) is 2.41. The summed E-state index contributed by atoms with van der Waals surface area (Å²) in [5, 5.41) is 2.99. The first-order chi connectivity index (χ1) is 8.70. The molecule has 0 bridgehead atoms. The van der Waals surface area contributed by atoms with E-state index >= 15 is 0 Å². The number of amides is 2. The number of hydrogen-bond acceptors (Lipinski definition) is 1. The first kappa shape index (κ1) is 12.9. The third kappa shape index (κ3) is 3.03. The summed E-state index contributed by atoms with van der Waals surface area (Å²) < 4.78 is 0. The molecule has 1 heterocycles. The number of hydrogen-bond donors (Lipinski definition) is 1. The molecule has 0 aromatic heterocycles. The van der Waals surface area contributed by atoms with E-state index in [1.165, 1.54) is 12.0 Å². The summed E-state index contributed by atoms with van der Waals surface area (Å²) in [4.78, 5) is 14.2. The van der Waals surface area contributed by atoms with Gasteiger partial charge in [-0.2, -0.15) is 0 Å². The van der Waals surface area contributed by atoms with E-state index < -0.39 is 0 Å². The minimum absolute atomic E-state index is 0.0467. The summed E-state index contributed by atoms with van der Waals surface area (Å²) in [6, 6.07) is 8.40. The third-order valence-corrected chi connectivity index (χ3v) is 3.66. The zero-order valence-corrected chi connectivity index (χ0v) is 11.3. The topological polar surface area (TPSA) is 32.3 Å². The first-order valence-corrected chi connectivity index (χ1v) is 6.85. The van der Waals surface area contributed by atoms with Crippen molar-refractivity contribution in [1.29, 1.82) is 0 Å². The standard InChI is InChI=1S/C15H22N2O/c1-3-14-6-4-5-11-17(14)15(18)16-13-9-7-12(2)8-10-13/h7-10,14H,3-6,11H2,1-2H3,(H,16,18)/t14-/m0/s1. The zero-order chi connectivity index (χ0) is 13.0. The van der Waals surface area contributed by atoms with Crippen LogP contribution < -0.4 is 5.32 Å². The van der Waals surface area contributed by atoms with Gasteiger partial charge in [-0.3, -0.25) is 0 Å². The number of rotatable bonds is 2. The molecule has 2 amide bonds. The smallest absolute Gasteiger partial charge is 0.322 e. The van der Waals surface area contributed by atoms with Crippen molar-refractivity contribution in [2.24, 2.45) is 0 Å². The van der Waals surface area contributed by atoms with Crippen molar-refractivity contribution >= 4 is 11.7 Å². The van der Waals surface area contributed by atoms with Crippen LogP contribution in [0.3, 0.4) is 0 Å². The van der Waals surface area contributed by atoms with Crippen molar-refractivity contribution in [1.82, 2.24) is 4.90 Å². The zero-order valence-electron chi connectivity index (χ0n) is 11.3. The minimum Gasteiger partial charge on any atom is -0.322 e. The van der Waals surface area contributed by atoms with Gasteiger partial charge in [0.2, 0.25) is 0 Å². The van der Waals surface area contributed by atoms with E-state index in [0.717, 1.165) is 31.5 Å². The molecule has 1 aromatic carbocycles. The quantitative estimate of drug-likeness (QED) is 0.846. The fraction of sp³-hybridized carbons (Fsp3) is 0.533. The molecule has 1 saturated heterocycles. The van der Waals surface area contributed by atoms with Crippen molar-refractivity contribution in [3.05, 3.63) is 29.8 Å². The summed E-state index contributed by atoms with van der Waals surface area (Å²) in [5.41, 5.74) is 2.09. The SMILES string of the molecule is CC[C@H]1CCCCN1C(=O)Nc1ccc(C)cc1. The summed E-state index contributed by atoms with van der Waals surface area (Å²) >= 11 is 0. The van der Waals surface area contributed by atoms with Crippen molar-refractivity contribution in [3.63, 3.8) is 0 Å². The molecule has 0 radical (unpaired) electrons. The molecule has 1 N–H and O–H groups in total. The van der Waals surface area contributed by atoms with E-state index in [1.54, 1.807) is 0 Å². The number of nitrogens with one attached hydrogen (secondary N) is 1. The number of carbonyl (C=O) groups is 1. The van der Waals surface area contributed by atoms with Gasteiger partial charge in [0.05, 0.1) is 0 Å². The average molecular weight is 246 g/mol. The molecule has 1 aliphatic heterocycles. The van der Waals surface area contributed by atoms with E-state index in [2.05, 4.69) is 12.2 Å². The van der Waals surface area contributed by atoms with Gasteiger partial charge in [0.25, 0.3) is 0 Å². The first-order valence-electron chi connectivity index (χ1n) is 6.85. The highest BCUT2D eigenvalue weighted by Crippen LogP contribution is 2.20. The number of aryl methyl sites for hydroxylation is 1. The van der Waals surface area contributed by atoms with Gasteiger partial charge < -0.3 is 10.2 Å². The fourth-order valence-corrected chi connectivity index (χ4v) is 2.52. The van der Waals surface area contributed by atoms with Crippen molar-refractivity contribution < 1.29 is 4.79 Å². The third-order valence-electron chi connectivity index (χ3n) is 3.66. The number of likely N-dealkylation sites (tertiary alicyclic amines) is 1. The summed E-state index contributed by atoms with van der Waals surface area (Å²) in [6.07, 6.45) is 4.55. The number of anilines is 1. The lowest BCUT2D eigenvalue weighted by Crippen LogP contribution is -2.45. The van der Waals surface area contributed by atoms with Crippen LogP contribution in [-0.4, -0.2) is 23.5 Å². The Morgan fingerprint density at radius 1 is 1.33 bits per heavy atom. The van der Waals surface area contributed by atoms with Crippen LogP contribution in [0.15, 0.2) is 24.3 Å². The van der Waals surface area contributed by atoms with Crippen molar-refractivity contribution in [3.8, 4) is 0 Å². The molecule has 98 valence electrons. The van der Waals surface area contributed by atoms with Gasteiger partial charge in [0.15, 0.2) is 0 Å². The largest absolute Gasteiger partial charge is 0.322 e. The molecule has 1 aromatic rings. The lowest BCUT2D eigenvalue weighted by molar-refractivity contribution is 0.160. The van der Waals surface area contributed by atoms with Crippen LogP contribution in [0.2, 0.25) is 0 Å². The molecule has 3 heteroatoms. The van der Waals surface area contributed by atoms with Crippen molar-refractivity contribution in [2.75, 3.05) is 11.9 Å². The van der Waals surface area contributed by atoms with Gasteiger partial charge in [0, 0.05) is 18.3 Å². The van der Waals surface area contributed by atoms with Crippen LogP contribution in [0.4, 0.5) is 10.5 Å². The van der Waals surface area contributed by atoms with E-state index in [4.69, 9.17) is 0 Å². The highest BCUT2D eigenvalue weighted by molar-refractivity contribution is 5.89. The highest BCUT2D eigenvalue weighted by Gasteiger charge is 2.25. The Bertz CT molecular complexity index is 399. The molecular weight excluding hydrogens is 224 g/mol. The highest BCUT2D eigenvalue weighted by atomic mass is 16.2. The number of carbonyl (C=O) groups excluding carboxylic acids is 1. The predicted molar refractivity (Wildman–Crippen MR) is 74.8 cm³/mol. The van der Waals surface area contributed by atoms with Crippen LogP contribution in [-0.2, 0) is 0 Å². The molecule has 1 atom stereocenters. The Morgan fingerprint density at radius 2 is 2.06 bits per heavy atom.